The number of hydrogen-bond acceptors (Lipinski definition) is 6. The molecule has 428 valence electrons. The lowest BCUT2D eigenvalue weighted by molar-refractivity contribution is -0.167. The van der Waals surface area contributed by atoms with Gasteiger partial charge < -0.3 is 14.2 Å². The first-order chi connectivity index (χ1) is 37.0. The third kappa shape index (κ3) is 60.8. The standard InChI is InChI=1S/C69H116O6/c1-4-7-10-13-16-19-22-25-28-31-33-34-36-38-41-44-47-50-53-56-59-62-68(71)74-65-66(64-73-67(70)61-58-55-52-49-46-43-40-37-30-27-24-21-18-15-12-9-6-3)75-69(72)63-60-57-54-51-48-45-42-39-35-32-29-26-23-20-17-14-11-8-5-2/h8-9,11-12,17-18,20-21,26-27,29-31,33,35,39,45,48,66H,4-7,10,13-16,19,22-25,28,32,34,36-38,40-44,46-47,49-65H2,1-3H3/b11-8-,12-9-,20-17-,21-18-,29-26-,30-27-,33-31-,39-35-,48-45-. The molecule has 0 aliphatic rings. The van der Waals surface area contributed by atoms with Gasteiger partial charge in [-0.3, -0.25) is 14.4 Å². The van der Waals surface area contributed by atoms with E-state index in [2.05, 4.69) is 130 Å². The number of unbranched alkanes of at least 4 members (excludes halogenated alkanes) is 27. The summed E-state index contributed by atoms with van der Waals surface area (Å²) in [5, 5.41) is 0. The third-order valence-electron chi connectivity index (χ3n) is 13.2. The summed E-state index contributed by atoms with van der Waals surface area (Å²) in [7, 11) is 0. The van der Waals surface area contributed by atoms with Gasteiger partial charge in [0.2, 0.25) is 0 Å². The number of carbonyl (C=O) groups is 3. The Labute approximate surface area is 463 Å². The molecule has 0 N–H and O–H groups in total. The van der Waals surface area contributed by atoms with E-state index in [0.717, 1.165) is 122 Å². The zero-order chi connectivity index (χ0) is 54.3. The molecule has 0 radical (unpaired) electrons. The van der Waals surface area contributed by atoms with Crippen molar-refractivity contribution >= 4 is 17.9 Å². The van der Waals surface area contributed by atoms with E-state index in [-0.39, 0.29) is 37.5 Å². The van der Waals surface area contributed by atoms with Crippen LogP contribution in [0.15, 0.2) is 109 Å². The first-order valence-corrected chi connectivity index (χ1v) is 31.4. The van der Waals surface area contributed by atoms with Crippen LogP contribution in [0.5, 0.6) is 0 Å². The van der Waals surface area contributed by atoms with Crippen LogP contribution in [-0.2, 0) is 28.6 Å². The molecule has 0 aromatic rings. The molecule has 0 spiro atoms. The van der Waals surface area contributed by atoms with E-state index < -0.39 is 6.10 Å². The van der Waals surface area contributed by atoms with Crippen molar-refractivity contribution in [1.29, 1.82) is 0 Å². The Hall–Kier alpha value is -3.93. The number of carbonyl (C=O) groups excluding carboxylic acids is 3. The van der Waals surface area contributed by atoms with Crippen molar-refractivity contribution in [1.82, 2.24) is 0 Å². The summed E-state index contributed by atoms with van der Waals surface area (Å²) >= 11 is 0. The Bertz CT molecular complexity index is 1520. The van der Waals surface area contributed by atoms with Gasteiger partial charge in [0.15, 0.2) is 6.10 Å². The van der Waals surface area contributed by atoms with Gasteiger partial charge in [0.25, 0.3) is 0 Å². The highest BCUT2D eigenvalue weighted by molar-refractivity contribution is 5.71. The maximum absolute atomic E-state index is 12.9. The zero-order valence-corrected chi connectivity index (χ0v) is 49.0. The van der Waals surface area contributed by atoms with Gasteiger partial charge in [0, 0.05) is 19.3 Å². The maximum atomic E-state index is 12.9. The van der Waals surface area contributed by atoms with Gasteiger partial charge in [0.05, 0.1) is 0 Å². The monoisotopic (exact) mass is 1040 g/mol. The summed E-state index contributed by atoms with van der Waals surface area (Å²) in [6, 6.07) is 0. The minimum Gasteiger partial charge on any atom is -0.462 e. The quantitative estimate of drug-likeness (QED) is 0.0261. The van der Waals surface area contributed by atoms with Gasteiger partial charge in [-0.05, 0) is 122 Å². The average molecular weight is 1040 g/mol. The van der Waals surface area contributed by atoms with Crippen LogP contribution in [-0.4, -0.2) is 37.2 Å². The van der Waals surface area contributed by atoms with Gasteiger partial charge in [0.1, 0.15) is 13.2 Å². The molecule has 0 aromatic heterocycles. The number of esters is 3. The van der Waals surface area contributed by atoms with Gasteiger partial charge in [-0.2, -0.15) is 0 Å². The number of ether oxygens (including phenoxy) is 3. The summed E-state index contributed by atoms with van der Waals surface area (Å²) in [6.45, 7) is 6.40. The molecule has 1 atom stereocenters. The Morgan fingerprint density at radius 2 is 0.520 bits per heavy atom. The molecule has 0 saturated heterocycles. The van der Waals surface area contributed by atoms with Crippen molar-refractivity contribution in [3.63, 3.8) is 0 Å². The second-order valence-corrected chi connectivity index (χ2v) is 20.5. The minimum absolute atomic E-state index is 0.0965. The normalized spacial score (nSPS) is 12.8. The Kier molecular flexibility index (Phi) is 59.3. The average Bonchev–Trinajstić information content (AvgIpc) is 3.41. The lowest BCUT2D eigenvalue weighted by Crippen LogP contribution is -2.30. The van der Waals surface area contributed by atoms with Crippen molar-refractivity contribution in [3.05, 3.63) is 109 Å². The van der Waals surface area contributed by atoms with Crippen molar-refractivity contribution in [3.8, 4) is 0 Å². The fourth-order valence-electron chi connectivity index (χ4n) is 8.60. The van der Waals surface area contributed by atoms with Crippen molar-refractivity contribution in [2.24, 2.45) is 0 Å². The van der Waals surface area contributed by atoms with Crippen LogP contribution in [0, 0.1) is 0 Å². The second-order valence-electron chi connectivity index (χ2n) is 20.5. The van der Waals surface area contributed by atoms with E-state index in [0.29, 0.717) is 12.8 Å². The fraction of sp³-hybridized carbons (Fsp3) is 0.696. The lowest BCUT2D eigenvalue weighted by Gasteiger charge is -2.18. The highest BCUT2D eigenvalue weighted by atomic mass is 16.6. The van der Waals surface area contributed by atoms with Crippen LogP contribution in [0.3, 0.4) is 0 Å². The zero-order valence-electron chi connectivity index (χ0n) is 49.0. The Morgan fingerprint density at radius 3 is 0.840 bits per heavy atom. The fourth-order valence-corrected chi connectivity index (χ4v) is 8.60. The van der Waals surface area contributed by atoms with E-state index in [1.807, 2.05) is 0 Å². The van der Waals surface area contributed by atoms with Crippen LogP contribution < -0.4 is 0 Å². The lowest BCUT2D eigenvalue weighted by atomic mass is 10.1. The highest BCUT2D eigenvalue weighted by Gasteiger charge is 2.19. The molecular weight excluding hydrogens is 925 g/mol. The summed E-state index contributed by atoms with van der Waals surface area (Å²) in [5.41, 5.74) is 0. The third-order valence-corrected chi connectivity index (χ3v) is 13.2. The molecule has 0 heterocycles. The predicted octanol–water partition coefficient (Wildman–Crippen LogP) is 21.4. The first kappa shape index (κ1) is 71.1. The topological polar surface area (TPSA) is 78.9 Å². The number of allylic oxidation sites excluding steroid dienone is 18. The molecule has 6 nitrogen and oxygen atoms in total. The van der Waals surface area contributed by atoms with Gasteiger partial charge in [-0.1, -0.05) is 259 Å². The van der Waals surface area contributed by atoms with Crippen LogP contribution in [0.1, 0.15) is 290 Å². The molecule has 0 aliphatic carbocycles. The molecule has 0 aromatic carbocycles. The van der Waals surface area contributed by atoms with Crippen LogP contribution >= 0.6 is 0 Å². The predicted molar refractivity (Wildman–Crippen MR) is 325 cm³/mol. The number of rotatable bonds is 56. The van der Waals surface area contributed by atoms with E-state index in [9.17, 15) is 14.4 Å². The van der Waals surface area contributed by atoms with Crippen LogP contribution in [0.2, 0.25) is 0 Å². The molecule has 0 fully saturated rings. The minimum atomic E-state index is -0.804. The second kappa shape index (κ2) is 62.6. The Balaban J connectivity index is 4.45. The summed E-state index contributed by atoms with van der Waals surface area (Å²) < 4.78 is 16.9. The van der Waals surface area contributed by atoms with Crippen LogP contribution in [0.25, 0.3) is 0 Å². The van der Waals surface area contributed by atoms with E-state index >= 15 is 0 Å². The van der Waals surface area contributed by atoms with E-state index in [1.165, 1.54) is 128 Å². The smallest absolute Gasteiger partial charge is 0.306 e. The van der Waals surface area contributed by atoms with Gasteiger partial charge in [-0.25, -0.2) is 0 Å². The number of hydrogen-bond donors (Lipinski definition) is 0. The summed E-state index contributed by atoms with van der Waals surface area (Å²) in [4.78, 5) is 38.3. The Morgan fingerprint density at radius 1 is 0.280 bits per heavy atom. The SMILES string of the molecule is CC/C=C\C/C=C\C/C=C\C/C=C\C/C=C\CCCCCC(=O)OC(COC(=O)CCCCCCCCC/C=C\C/C=C\C/C=C\CC)COC(=O)CCCCCCCCCCC/C=C\CCCCCCCCCC. The molecule has 75 heavy (non-hydrogen) atoms. The molecule has 0 aliphatic heterocycles. The largest absolute Gasteiger partial charge is 0.462 e. The summed E-state index contributed by atoms with van der Waals surface area (Å²) in [6.07, 6.45) is 85.2. The molecule has 6 heteroatoms. The van der Waals surface area contributed by atoms with Gasteiger partial charge in [-0.15, -0.1) is 0 Å². The van der Waals surface area contributed by atoms with Crippen molar-refractivity contribution in [2.45, 2.75) is 297 Å². The van der Waals surface area contributed by atoms with Crippen molar-refractivity contribution < 1.29 is 28.6 Å². The molecule has 0 rings (SSSR count). The highest BCUT2D eigenvalue weighted by Crippen LogP contribution is 2.15. The van der Waals surface area contributed by atoms with Crippen LogP contribution in [0.4, 0.5) is 0 Å². The molecule has 0 amide bonds. The van der Waals surface area contributed by atoms with E-state index in [1.54, 1.807) is 0 Å². The molecule has 0 saturated carbocycles. The molecule has 0 bridgehead atoms. The molecule has 1 unspecified atom stereocenters. The van der Waals surface area contributed by atoms with Crippen molar-refractivity contribution in [2.75, 3.05) is 13.2 Å². The van der Waals surface area contributed by atoms with Gasteiger partial charge >= 0.3 is 17.9 Å². The maximum Gasteiger partial charge on any atom is 0.306 e. The summed E-state index contributed by atoms with van der Waals surface area (Å²) in [5.74, 6) is -0.935. The first-order valence-electron chi connectivity index (χ1n) is 31.4. The van der Waals surface area contributed by atoms with E-state index in [4.69, 9.17) is 14.2 Å². The molecular formula is C69H116O6.